The minimum Gasteiger partial charge on any atom is -0.508 e. The number of nitrogens with zero attached hydrogens (tertiary/aromatic N) is 2. The Balaban J connectivity index is 1.74. The maximum absolute atomic E-state index is 13.2. The fraction of sp³-hybridized carbons (Fsp3) is 0.0417. The number of phenolic OH excluding ortho intramolecular Hbond substituents is 1. The second-order valence-corrected chi connectivity index (χ2v) is 8.68. The summed E-state index contributed by atoms with van der Waals surface area (Å²) >= 11 is 7.22. The summed E-state index contributed by atoms with van der Waals surface area (Å²) in [6, 6.07) is 19.0. The van der Waals surface area contributed by atoms with Gasteiger partial charge >= 0.3 is 5.91 Å². The maximum atomic E-state index is 13.2. The van der Waals surface area contributed by atoms with E-state index in [1.807, 2.05) is 24.3 Å². The summed E-state index contributed by atoms with van der Waals surface area (Å²) in [4.78, 5) is 32.1. The molecule has 1 atom stereocenters. The molecular formula is C24H15ClN2O4S. The van der Waals surface area contributed by atoms with Gasteiger partial charge in [0.1, 0.15) is 11.5 Å². The summed E-state index contributed by atoms with van der Waals surface area (Å²) in [6.45, 7) is 0. The summed E-state index contributed by atoms with van der Waals surface area (Å²) in [7, 11) is 0. The molecule has 0 bridgehead atoms. The number of fused-ring (bicyclic) bond motifs is 1. The molecule has 32 heavy (non-hydrogen) atoms. The number of benzene rings is 3. The van der Waals surface area contributed by atoms with Gasteiger partial charge in [0, 0.05) is 10.6 Å². The lowest BCUT2D eigenvalue weighted by Gasteiger charge is -2.23. The van der Waals surface area contributed by atoms with Crippen molar-refractivity contribution in [3.05, 3.63) is 94.5 Å². The number of aliphatic hydroxyl groups is 1. The Kier molecular flexibility index (Phi) is 4.92. The highest BCUT2D eigenvalue weighted by Crippen LogP contribution is 2.44. The summed E-state index contributed by atoms with van der Waals surface area (Å²) in [5.74, 6) is -1.97. The highest BCUT2D eigenvalue weighted by Gasteiger charge is 2.48. The normalized spacial score (nSPS) is 17.9. The van der Waals surface area contributed by atoms with E-state index in [0.29, 0.717) is 26.8 Å². The maximum Gasteiger partial charge on any atom is 0.301 e. The Morgan fingerprint density at radius 3 is 2.47 bits per heavy atom. The zero-order chi connectivity index (χ0) is 22.4. The lowest BCUT2D eigenvalue weighted by molar-refractivity contribution is -0.132. The molecular weight excluding hydrogens is 448 g/mol. The van der Waals surface area contributed by atoms with Crippen molar-refractivity contribution in [2.75, 3.05) is 4.90 Å². The van der Waals surface area contributed by atoms with Crippen LogP contribution in [0.25, 0.3) is 16.0 Å². The number of carbonyl (C=O) groups excluding carboxylic acids is 2. The number of halogens is 1. The number of anilines is 1. The molecule has 158 valence electrons. The van der Waals surface area contributed by atoms with Gasteiger partial charge < -0.3 is 10.2 Å². The van der Waals surface area contributed by atoms with Crippen LogP contribution in [0, 0.1) is 0 Å². The fourth-order valence-electron chi connectivity index (χ4n) is 3.77. The van der Waals surface area contributed by atoms with Gasteiger partial charge in [0.15, 0.2) is 5.13 Å². The smallest absolute Gasteiger partial charge is 0.301 e. The number of aromatic nitrogens is 1. The second kappa shape index (κ2) is 7.78. The summed E-state index contributed by atoms with van der Waals surface area (Å²) in [5, 5.41) is 21.9. The van der Waals surface area contributed by atoms with E-state index in [9.17, 15) is 19.8 Å². The van der Waals surface area contributed by atoms with Crippen LogP contribution in [0.5, 0.6) is 5.75 Å². The molecule has 0 unspecified atom stereocenters. The molecule has 8 heteroatoms. The van der Waals surface area contributed by atoms with Gasteiger partial charge in [-0.1, -0.05) is 47.2 Å². The van der Waals surface area contributed by atoms with Crippen LogP contribution in [0.4, 0.5) is 5.13 Å². The number of ketones is 1. The number of Topliss-reactive ketones (excluding diaryl/α,β-unsaturated/α-hetero) is 1. The molecule has 0 radical (unpaired) electrons. The molecule has 6 nitrogen and oxygen atoms in total. The SMILES string of the molecule is O=C1C(=O)N(c2nc3ccccc3s2)[C@@H](c2cccc(O)c2)C1=C(O)c1ccc(Cl)cc1. The predicted molar refractivity (Wildman–Crippen MR) is 124 cm³/mol. The highest BCUT2D eigenvalue weighted by atomic mass is 35.5. The first-order chi connectivity index (χ1) is 15.4. The van der Waals surface area contributed by atoms with Crippen LogP contribution >= 0.6 is 22.9 Å². The largest absolute Gasteiger partial charge is 0.508 e. The van der Waals surface area contributed by atoms with Gasteiger partial charge in [-0.3, -0.25) is 14.5 Å². The van der Waals surface area contributed by atoms with Gasteiger partial charge in [-0.15, -0.1) is 0 Å². The van der Waals surface area contributed by atoms with E-state index in [-0.39, 0.29) is 17.1 Å². The van der Waals surface area contributed by atoms with E-state index < -0.39 is 17.7 Å². The van der Waals surface area contributed by atoms with Crippen LogP contribution in [0.15, 0.2) is 78.4 Å². The Morgan fingerprint density at radius 2 is 1.75 bits per heavy atom. The number of amides is 1. The second-order valence-electron chi connectivity index (χ2n) is 7.24. The predicted octanol–water partition coefficient (Wildman–Crippen LogP) is 5.28. The average Bonchev–Trinajstić information content (AvgIpc) is 3.32. The van der Waals surface area contributed by atoms with Crippen LogP contribution in [0.2, 0.25) is 5.02 Å². The quantitative estimate of drug-likeness (QED) is 0.245. The van der Waals surface area contributed by atoms with Crippen LogP contribution < -0.4 is 4.90 Å². The van der Waals surface area contributed by atoms with Crippen LogP contribution in [-0.4, -0.2) is 26.9 Å². The van der Waals surface area contributed by atoms with E-state index in [1.54, 1.807) is 36.4 Å². The van der Waals surface area contributed by atoms with Crippen molar-refractivity contribution in [1.82, 2.24) is 4.98 Å². The van der Waals surface area contributed by atoms with Crippen molar-refractivity contribution in [3.63, 3.8) is 0 Å². The number of hydrogen-bond donors (Lipinski definition) is 2. The van der Waals surface area contributed by atoms with Gasteiger partial charge in [-0.2, -0.15) is 0 Å². The third kappa shape index (κ3) is 3.32. The zero-order valence-corrected chi connectivity index (χ0v) is 18.0. The van der Waals surface area contributed by atoms with Crippen molar-refractivity contribution in [3.8, 4) is 5.75 Å². The Bertz CT molecular complexity index is 1380. The van der Waals surface area contributed by atoms with Gasteiger partial charge in [-0.05, 0) is 54.1 Å². The van der Waals surface area contributed by atoms with Gasteiger partial charge in [0.05, 0.1) is 21.8 Å². The fourth-order valence-corrected chi connectivity index (χ4v) is 4.88. The standard InChI is InChI=1S/C24H15ClN2O4S/c25-15-10-8-13(9-11-15)21(29)19-20(14-4-3-5-16(28)12-14)27(23(31)22(19)30)24-26-17-6-1-2-7-18(17)32-24/h1-12,20,28-29H/t20-/m0/s1. The van der Waals surface area contributed by atoms with E-state index >= 15 is 0 Å². The molecule has 1 aromatic heterocycles. The van der Waals surface area contributed by atoms with Crippen LogP contribution in [0.3, 0.4) is 0 Å². The van der Waals surface area contributed by atoms with Crippen molar-refractivity contribution in [2.45, 2.75) is 6.04 Å². The lowest BCUT2D eigenvalue weighted by atomic mass is 9.95. The summed E-state index contributed by atoms with van der Waals surface area (Å²) < 4.78 is 0.858. The molecule has 1 fully saturated rings. The number of thiazole rings is 1. The molecule has 1 saturated heterocycles. The average molecular weight is 463 g/mol. The molecule has 4 aromatic rings. The third-order valence-electron chi connectivity index (χ3n) is 5.24. The number of rotatable bonds is 3. The number of aromatic hydroxyl groups is 1. The highest BCUT2D eigenvalue weighted by molar-refractivity contribution is 7.22. The van der Waals surface area contributed by atoms with Crippen molar-refractivity contribution in [1.29, 1.82) is 0 Å². The monoisotopic (exact) mass is 462 g/mol. The van der Waals surface area contributed by atoms with Crippen molar-refractivity contribution < 1.29 is 19.8 Å². The lowest BCUT2D eigenvalue weighted by Crippen LogP contribution is -2.29. The number of para-hydroxylation sites is 1. The Labute approximate surface area is 191 Å². The molecule has 2 heterocycles. The first-order valence-electron chi connectivity index (χ1n) is 9.65. The molecule has 1 aliphatic rings. The molecule has 1 amide bonds. The number of aliphatic hydroxyl groups excluding tert-OH is 1. The third-order valence-corrected chi connectivity index (χ3v) is 6.52. The Morgan fingerprint density at radius 1 is 1.00 bits per heavy atom. The minimum atomic E-state index is -0.960. The minimum absolute atomic E-state index is 0.0242. The van der Waals surface area contributed by atoms with E-state index in [2.05, 4.69) is 4.98 Å². The van der Waals surface area contributed by atoms with E-state index in [0.717, 1.165) is 4.70 Å². The number of phenols is 1. The Hall–Kier alpha value is -3.68. The van der Waals surface area contributed by atoms with Gasteiger partial charge in [-0.25, -0.2) is 4.98 Å². The first kappa shape index (κ1) is 20.2. The van der Waals surface area contributed by atoms with Gasteiger partial charge in [0.25, 0.3) is 5.78 Å². The van der Waals surface area contributed by atoms with Crippen LogP contribution in [-0.2, 0) is 9.59 Å². The molecule has 5 rings (SSSR count). The van der Waals surface area contributed by atoms with Gasteiger partial charge in [0.2, 0.25) is 0 Å². The molecule has 2 N–H and O–H groups in total. The topological polar surface area (TPSA) is 90.7 Å². The molecule has 3 aromatic carbocycles. The summed E-state index contributed by atoms with van der Waals surface area (Å²) in [5.41, 5.74) is 1.43. The molecule has 1 aliphatic heterocycles. The van der Waals surface area contributed by atoms with Crippen LogP contribution in [0.1, 0.15) is 17.2 Å². The number of carbonyl (C=O) groups is 2. The first-order valence-corrected chi connectivity index (χ1v) is 10.8. The van der Waals surface area contributed by atoms with E-state index in [1.165, 1.54) is 28.4 Å². The van der Waals surface area contributed by atoms with Crippen molar-refractivity contribution in [2.24, 2.45) is 0 Å². The number of hydrogen-bond acceptors (Lipinski definition) is 6. The molecule has 0 aliphatic carbocycles. The van der Waals surface area contributed by atoms with E-state index in [4.69, 9.17) is 11.6 Å². The zero-order valence-electron chi connectivity index (χ0n) is 16.4. The van der Waals surface area contributed by atoms with Crippen molar-refractivity contribution >= 4 is 55.7 Å². The summed E-state index contributed by atoms with van der Waals surface area (Å²) in [6.07, 6.45) is 0. The molecule has 0 spiro atoms. The molecule has 0 saturated carbocycles.